The van der Waals surface area contributed by atoms with Crippen molar-refractivity contribution in [2.24, 2.45) is 10.9 Å². The van der Waals surface area contributed by atoms with Crippen molar-refractivity contribution in [2.45, 2.75) is 33.1 Å². The lowest BCUT2D eigenvalue weighted by molar-refractivity contribution is 0.123. The van der Waals surface area contributed by atoms with Gasteiger partial charge in [0.15, 0.2) is 5.96 Å². The van der Waals surface area contributed by atoms with E-state index >= 15 is 0 Å². The SMILES string of the molecule is CCNC(=NCCCOCC1CC1)NCCN1CCN(CC)CC1.I. The average Bonchev–Trinajstić information content (AvgIpc) is 3.43. The number of halogens is 1. The monoisotopic (exact) mass is 467 g/mol. The van der Waals surface area contributed by atoms with E-state index in [0.29, 0.717) is 0 Å². The summed E-state index contributed by atoms with van der Waals surface area (Å²) in [6.07, 6.45) is 3.72. The van der Waals surface area contributed by atoms with Crippen LogP contribution in [0.5, 0.6) is 0 Å². The third kappa shape index (κ3) is 10.6. The summed E-state index contributed by atoms with van der Waals surface area (Å²) in [7, 11) is 0. The van der Waals surface area contributed by atoms with Crippen LogP contribution in [0.1, 0.15) is 33.1 Å². The van der Waals surface area contributed by atoms with Gasteiger partial charge >= 0.3 is 0 Å². The minimum absolute atomic E-state index is 0. The third-order valence-corrected chi connectivity index (χ3v) is 4.74. The number of likely N-dealkylation sites (N-methyl/N-ethyl adjacent to an activating group) is 1. The van der Waals surface area contributed by atoms with Gasteiger partial charge in [-0.25, -0.2) is 0 Å². The van der Waals surface area contributed by atoms with Gasteiger partial charge in [0.1, 0.15) is 0 Å². The fourth-order valence-electron chi connectivity index (χ4n) is 2.90. The number of aliphatic imine (C=N–C) groups is 1. The Hall–Kier alpha value is -0.120. The maximum absolute atomic E-state index is 5.66. The molecule has 0 spiro atoms. The van der Waals surface area contributed by atoms with Crippen molar-refractivity contribution < 1.29 is 4.74 Å². The summed E-state index contributed by atoms with van der Waals surface area (Å²) in [5.41, 5.74) is 0. The molecule has 1 saturated heterocycles. The number of hydrogen-bond donors (Lipinski definition) is 2. The largest absolute Gasteiger partial charge is 0.381 e. The van der Waals surface area contributed by atoms with E-state index in [4.69, 9.17) is 4.74 Å². The fourth-order valence-corrected chi connectivity index (χ4v) is 2.90. The van der Waals surface area contributed by atoms with Gasteiger partial charge in [0.25, 0.3) is 0 Å². The Morgan fingerprint density at radius 1 is 1.08 bits per heavy atom. The lowest BCUT2D eigenvalue weighted by Crippen LogP contribution is -2.49. The highest BCUT2D eigenvalue weighted by molar-refractivity contribution is 14.0. The van der Waals surface area contributed by atoms with Crippen LogP contribution in [0.4, 0.5) is 0 Å². The summed E-state index contributed by atoms with van der Waals surface area (Å²) < 4.78 is 5.66. The minimum atomic E-state index is 0. The van der Waals surface area contributed by atoms with E-state index in [1.807, 2.05) is 0 Å². The summed E-state index contributed by atoms with van der Waals surface area (Å²) in [6, 6.07) is 0. The summed E-state index contributed by atoms with van der Waals surface area (Å²) >= 11 is 0. The van der Waals surface area contributed by atoms with Gasteiger partial charge in [0.05, 0.1) is 0 Å². The van der Waals surface area contributed by atoms with Crippen LogP contribution >= 0.6 is 24.0 Å². The molecule has 0 unspecified atom stereocenters. The molecule has 0 aromatic heterocycles. The maximum Gasteiger partial charge on any atom is 0.191 e. The summed E-state index contributed by atoms with van der Waals surface area (Å²) in [6.45, 7) is 15.9. The Kier molecular flexibility index (Phi) is 12.8. The van der Waals surface area contributed by atoms with Crippen LogP contribution < -0.4 is 10.6 Å². The normalized spacial score (nSPS) is 19.5. The van der Waals surface area contributed by atoms with Crippen LogP contribution in [0.3, 0.4) is 0 Å². The molecule has 1 saturated carbocycles. The van der Waals surface area contributed by atoms with Gasteiger partial charge in [-0.05, 0) is 38.6 Å². The topological polar surface area (TPSA) is 52.1 Å². The number of piperazine rings is 1. The first-order valence-electron chi connectivity index (χ1n) is 9.86. The van der Waals surface area contributed by atoms with Gasteiger partial charge in [-0.1, -0.05) is 6.92 Å². The lowest BCUT2D eigenvalue weighted by atomic mass is 10.3. The second kappa shape index (κ2) is 14.0. The van der Waals surface area contributed by atoms with Crippen LogP contribution in [0, 0.1) is 5.92 Å². The first kappa shape index (κ1) is 22.9. The second-order valence-electron chi connectivity index (χ2n) is 6.84. The Labute approximate surface area is 171 Å². The van der Waals surface area contributed by atoms with Crippen molar-refractivity contribution >= 4 is 29.9 Å². The molecule has 6 nitrogen and oxygen atoms in total. The Bertz CT molecular complexity index is 357. The molecule has 1 aliphatic heterocycles. The summed E-state index contributed by atoms with van der Waals surface area (Å²) in [5, 5.41) is 6.78. The van der Waals surface area contributed by atoms with Crippen molar-refractivity contribution in [3.05, 3.63) is 0 Å². The van der Waals surface area contributed by atoms with E-state index in [2.05, 4.69) is 39.3 Å². The molecule has 2 fully saturated rings. The van der Waals surface area contributed by atoms with E-state index in [0.717, 1.165) is 57.7 Å². The molecule has 0 amide bonds. The molecule has 2 rings (SSSR count). The fraction of sp³-hybridized carbons (Fsp3) is 0.944. The zero-order chi connectivity index (χ0) is 17.0. The van der Waals surface area contributed by atoms with Gasteiger partial charge in [-0.15, -0.1) is 24.0 Å². The average molecular weight is 467 g/mol. The molecular weight excluding hydrogens is 429 g/mol. The van der Waals surface area contributed by atoms with Gasteiger partial charge in [0.2, 0.25) is 0 Å². The minimum Gasteiger partial charge on any atom is -0.381 e. The zero-order valence-corrected chi connectivity index (χ0v) is 18.5. The van der Waals surface area contributed by atoms with E-state index < -0.39 is 0 Å². The van der Waals surface area contributed by atoms with Gasteiger partial charge in [0, 0.05) is 65.6 Å². The van der Waals surface area contributed by atoms with E-state index in [1.165, 1.54) is 45.6 Å². The van der Waals surface area contributed by atoms with E-state index in [-0.39, 0.29) is 24.0 Å². The zero-order valence-electron chi connectivity index (χ0n) is 16.1. The lowest BCUT2D eigenvalue weighted by Gasteiger charge is -2.34. The Morgan fingerprint density at radius 2 is 1.80 bits per heavy atom. The predicted octanol–water partition coefficient (Wildman–Crippen LogP) is 1.61. The second-order valence-corrected chi connectivity index (χ2v) is 6.84. The van der Waals surface area contributed by atoms with Crippen LogP contribution in [0.15, 0.2) is 4.99 Å². The van der Waals surface area contributed by atoms with Crippen molar-refractivity contribution in [3.63, 3.8) is 0 Å². The van der Waals surface area contributed by atoms with Crippen molar-refractivity contribution in [1.29, 1.82) is 0 Å². The maximum atomic E-state index is 5.66. The van der Waals surface area contributed by atoms with Gasteiger partial charge < -0.3 is 20.3 Å². The molecule has 1 aliphatic carbocycles. The molecule has 1 heterocycles. The standard InChI is InChI=1S/C18H37N5O.HI/c1-3-19-18(20-8-5-15-24-16-17-6-7-17)21-9-10-23-13-11-22(4-2)12-14-23;/h17H,3-16H2,1-2H3,(H2,19,20,21);1H. The molecule has 0 aromatic carbocycles. The Balaban J connectivity index is 0.00000312. The number of nitrogens with one attached hydrogen (secondary N) is 2. The van der Waals surface area contributed by atoms with Crippen LogP contribution in [-0.4, -0.2) is 87.9 Å². The smallest absolute Gasteiger partial charge is 0.191 e. The van der Waals surface area contributed by atoms with Crippen LogP contribution in [0.25, 0.3) is 0 Å². The molecule has 25 heavy (non-hydrogen) atoms. The predicted molar refractivity (Wildman–Crippen MR) is 116 cm³/mol. The number of rotatable bonds is 11. The molecule has 148 valence electrons. The van der Waals surface area contributed by atoms with Crippen LogP contribution in [-0.2, 0) is 4.74 Å². The molecule has 2 N–H and O–H groups in total. The van der Waals surface area contributed by atoms with Crippen molar-refractivity contribution in [2.75, 3.05) is 72.1 Å². The van der Waals surface area contributed by atoms with Crippen LogP contribution in [0.2, 0.25) is 0 Å². The quantitative estimate of drug-likeness (QED) is 0.209. The number of nitrogens with zero attached hydrogens (tertiary/aromatic N) is 3. The first-order valence-corrected chi connectivity index (χ1v) is 9.86. The highest BCUT2D eigenvalue weighted by Crippen LogP contribution is 2.28. The van der Waals surface area contributed by atoms with Gasteiger partial charge in [-0.2, -0.15) is 0 Å². The number of guanidine groups is 1. The highest BCUT2D eigenvalue weighted by atomic mass is 127. The first-order chi connectivity index (χ1) is 11.8. The van der Waals surface area contributed by atoms with Crippen molar-refractivity contribution in [3.8, 4) is 0 Å². The number of hydrogen-bond acceptors (Lipinski definition) is 4. The Morgan fingerprint density at radius 3 is 2.44 bits per heavy atom. The molecule has 0 radical (unpaired) electrons. The van der Waals surface area contributed by atoms with Gasteiger partial charge in [-0.3, -0.25) is 9.89 Å². The molecular formula is C18H38IN5O. The molecule has 2 aliphatic rings. The molecule has 0 bridgehead atoms. The third-order valence-electron chi connectivity index (χ3n) is 4.74. The highest BCUT2D eigenvalue weighted by Gasteiger charge is 2.20. The summed E-state index contributed by atoms with van der Waals surface area (Å²) in [5.74, 6) is 1.79. The number of ether oxygens (including phenoxy) is 1. The molecule has 7 heteroatoms. The molecule has 0 aromatic rings. The van der Waals surface area contributed by atoms with E-state index in [9.17, 15) is 0 Å². The van der Waals surface area contributed by atoms with E-state index in [1.54, 1.807) is 0 Å². The van der Waals surface area contributed by atoms with Crippen molar-refractivity contribution in [1.82, 2.24) is 20.4 Å². The molecule has 0 atom stereocenters. The summed E-state index contributed by atoms with van der Waals surface area (Å²) in [4.78, 5) is 9.69.